The SMILES string of the molecule is CCCCCCCCCCCCCCCCCCCC(=O)OC[C@@H](COC(=O)CCCCCCCCCCCCCCC)OC(=O)CCCCCCCCCCCCCCC. The maximum absolute atomic E-state index is 12.8. The van der Waals surface area contributed by atoms with Crippen LogP contribution in [0.3, 0.4) is 0 Å². The van der Waals surface area contributed by atoms with Gasteiger partial charge in [0.25, 0.3) is 0 Å². The molecule has 6 heteroatoms. The minimum atomic E-state index is -0.760. The lowest BCUT2D eigenvalue weighted by atomic mass is 10.0. The highest BCUT2D eigenvalue weighted by Gasteiger charge is 2.19. The van der Waals surface area contributed by atoms with Crippen LogP contribution < -0.4 is 0 Å². The van der Waals surface area contributed by atoms with Crippen LogP contribution in [0.5, 0.6) is 0 Å². The predicted octanol–water partition coefficient (Wildman–Crippen LogP) is 18.0. The Balaban J connectivity index is 4.28. The summed E-state index contributed by atoms with van der Waals surface area (Å²) in [6, 6.07) is 0. The molecule has 0 amide bonds. The highest BCUT2D eigenvalue weighted by molar-refractivity contribution is 5.71. The molecule has 0 spiro atoms. The Bertz CT molecular complexity index is 905. The summed E-state index contributed by atoms with van der Waals surface area (Å²) in [6.45, 7) is 6.69. The summed E-state index contributed by atoms with van der Waals surface area (Å²) in [7, 11) is 0. The minimum absolute atomic E-state index is 0.0614. The monoisotopic (exact) mass is 863 g/mol. The van der Waals surface area contributed by atoms with Gasteiger partial charge in [-0.25, -0.2) is 0 Å². The van der Waals surface area contributed by atoms with Crippen molar-refractivity contribution in [2.45, 2.75) is 322 Å². The summed E-state index contributed by atoms with van der Waals surface area (Å²) in [5, 5.41) is 0. The van der Waals surface area contributed by atoms with E-state index in [0.717, 1.165) is 57.8 Å². The fourth-order valence-electron chi connectivity index (χ4n) is 8.45. The summed E-state index contributed by atoms with van der Waals surface area (Å²) in [6.07, 6.45) is 55.1. The molecular formula is C55H106O6. The van der Waals surface area contributed by atoms with E-state index in [9.17, 15) is 14.4 Å². The van der Waals surface area contributed by atoms with Crippen molar-refractivity contribution in [3.8, 4) is 0 Å². The zero-order valence-corrected chi connectivity index (χ0v) is 41.5. The summed E-state index contributed by atoms with van der Waals surface area (Å²) < 4.78 is 16.8. The molecule has 0 aliphatic rings. The number of esters is 3. The third-order valence-corrected chi connectivity index (χ3v) is 12.6. The van der Waals surface area contributed by atoms with Gasteiger partial charge in [-0.3, -0.25) is 14.4 Å². The first-order chi connectivity index (χ1) is 30.0. The van der Waals surface area contributed by atoms with E-state index >= 15 is 0 Å². The molecule has 0 saturated carbocycles. The Hall–Kier alpha value is -1.59. The van der Waals surface area contributed by atoms with Gasteiger partial charge >= 0.3 is 17.9 Å². The van der Waals surface area contributed by atoms with Crippen LogP contribution in [0.1, 0.15) is 316 Å². The fraction of sp³-hybridized carbons (Fsp3) is 0.945. The number of carbonyl (C=O) groups excluding carboxylic acids is 3. The molecule has 0 aromatic heterocycles. The van der Waals surface area contributed by atoms with E-state index in [-0.39, 0.29) is 31.1 Å². The topological polar surface area (TPSA) is 78.9 Å². The summed E-state index contributed by atoms with van der Waals surface area (Å²) in [5.74, 6) is -0.836. The first kappa shape index (κ1) is 59.4. The standard InChI is InChI=1S/C55H106O6/c1-4-7-10-13-16-19-22-25-26-27-28-31-33-36-39-42-45-48-54(57)60-51-52(61-55(58)49-46-43-40-37-34-30-24-21-18-15-12-9-6-3)50-59-53(56)47-44-41-38-35-32-29-23-20-17-14-11-8-5-2/h52H,4-51H2,1-3H3/t52-/m1/s1. The second kappa shape index (κ2) is 51.0. The Morgan fingerprint density at radius 3 is 0.656 bits per heavy atom. The van der Waals surface area contributed by atoms with Crippen LogP contribution in [0.4, 0.5) is 0 Å². The van der Waals surface area contributed by atoms with Gasteiger partial charge < -0.3 is 14.2 Å². The van der Waals surface area contributed by atoms with Crippen molar-refractivity contribution in [3.05, 3.63) is 0 Å². The normalized spacial score (nSPS) is 11.9. The third-order valence-electron chi connectivity index (χ3n) is 12.6. The molecule has 0 heterocycles. The van der Waals surface area contributed by atoms with Crippen LogP contribution in [0.25, 0.3) is 0 Å². The molecule has 0 radical (unpaired) electrons. The van der Waals surface area contributed by atoms with Crippen LogP contribution in [0, 0.1) is 0 Å². The molecule has 0 N–H and O–H groups in total. The molecule has 0 saturated heterocycles. The van der Waals surface area contributed by atoms with Crippen molar-refractivity contribution in [1.82, 2.24) is 0 Å². The van der Waals surface area contributed by atoms with Gasteiger partial charge in [-0.15, -0.1) is 0 Å². The number of ether oxygens (including phenoxy) is 3. The van der Waals surface area contributed by atoms with Gasteiger partial charge in [-0.2, -0.15) is 0 Å². The van der Waals surface area contributed by atoms with Crippen molar-refractivity contribution in [1.29, 1.82) is 0 Å². The molecule has 6 nitrogen and oxygen atoms in total. The molecule has 0 rings (SSSR count). The molecular weight excluding hydrogens is 757 g/mol. The second-order valence-electron chi connectivity index (χ2n) is 18.9. The van der Waals surface area contributed by atoms with Gasteiger partial charge in [0.05, 0.1) is 0 Å². The van der Waals surface area contributed by atoms with Crippen molar-refractivity contribution >= 4 is 17.9 Å². The molecule has 61 heavy (non-hydrogen) atoms. The summed E-state index contributed by atoms with van der Waals surface area (Å²) in [5.41, 5.74) is 0. The molecule has 0 aromatic carbocycles. The zero-order chi connectivity index (χ0) is 44.4. The first-order valence-corrected chi connectivity index (χ1v) is 27.5. The quantitative estimate of drug-likeness (QED) is 0.0344. The molecule has 362 valence electrons. The molecule has 0 aliphatic carbocycles. The fourth-order valence-corrected chi connectivity index (χ4v) is 8.45. The molecule has 1 atom stereocenters. The summed E-state index contributed by atoms with van der Waals surface area (Å²) >= 11 is 0. The minimum Gasteiger partial charge on any atom is -0.462 e. The van der Waals surface area contributed by atoms with Crippen molar-refractivity contribution < 1.29 is 28.6 Å². The number of hydrogen-bond acceptors (Lipinski definition) is 6. The van der Waals surface area contributed by atoms with Crippen molar-refractivity contribution in [3.63, 3.8) is 0 Å². The van der Waals surface area contributed by atoms with E-state index in [2.05, 4.69) is 20.8 Å². The second-order valence-corrected chi connectivity index (χ2v) is 18.9. The predicted molar refractivity (Wildman–Crippen MR) is 261 cm³/mol. The average molecular weight is 863 g/mol. The Morgan fingerprint density at radius 2 is 0.443 bits per heavy atom. The van der Waals surface area contributed by atoms with E-state index in [1.54, 1.807) is 0 Å². The number of rotatable bonds is 51. The summed E-state index contributed by atoms with van der Waals surface area (Å²) in [4.78, 5) is 38.0. The van der Waals surface area contributed by atoms with Crippen molar-refractivity contribution in [2.75, 3.05) is 13.2 Å². The van der Waals surface area contributed by atoms with E-state index in [1.165, 1.54) is 218 Å². The van der Waals surface area contributed by atoms with Gasteiger partial charge in [-0.05, 0) is 19.3 Å². The van der Waals surface area contributed by atoms with Crippen molar-refractivity contribution in [2.24, 2.45) is 0 Å². The third kappa shape index (κ3) is 49.3. The number of carbonyl (C=O) groups is 3. The van der Waals surface area contributed by atoms with Crippen LogP contribution in [0.2, 0.25) is 0 Å². The van der Waals surface area contributed by atoms with Crippen LogP contribution in [0.15, 0.2) is 0 Å². The number of unbranched alkanes of at least 4 members (excludes halogenated alkanes) is 40. The zero-order valence-electron chi connectivity index (χ0n) is 41.5. The van der Waals surface area contributed by atoms with Gasteiger partial charge in [0.15, 0.2) is 6.10 Å². The lowest BCUT2D eigenvalue weighted by Gasteiger charge is -2.18. The lowest BCUT2D eigenvalue weighted by Crippen LogP contribution is -2.30. The average Bonchev–Trinajstić information content (AvgIpc) is 3.26. The molecule has 0 unspecified atom stereocenters. The van der Waals surface area contributed by atoms with E-state index in [1.807, 2.05) is 0 Å². The molecule has 0 bridgehead atoms. The molecule has 0 fully saturated rings. The maximum Gasteiger partial charge on any atom is 0.306 e. The molecule has 0 aromatic rings. The first-order valence-electron chi connectivity index (χ1n) is 27.5. The van der Waals surface area contributed by atoms with Crippen LogP contribution >= 0.6 is 0 Å². The van der Waals surface area contributed by atoms with Gasteiger partial charge in [0, 0.05) is 19.3 Å². The van der Waals surface area contributed by atoms with Gasteiger partial charge in [-0.1, -0.05) is 278 Å². The highest BCUT2D eigenvalue weighted by atomic mass is 16.6. The maximum atomic E-state index is 12.8. The van der Waals surface area contributed by atoms with E-state index in [4.69, 9.17) is 14.2 Å². The van der Waals surface area contributed by atoms with Crippen LogP contribution in [-0.2, 0) is 28.6 Å². The number of hydrogen-bond donors (Lipinski definition) is 0. The van der Waals surface area contributed by atoms with E-state index < -0.39 is 6.10 Å². The van der Waals surface area contributed by atoms with Gasteiger partial charge in [0.1, 0.15) is 13.2 Å². The van der Waals surface area contributed by atoms with Crippen LogP contribution in [-0.4, -0.2) is 37.2 Å². The van der Waals surface area contributed by atoms with Gasteiger partial charge in [0.2, 0.25) is 0 Å². The Kier molecular flexibility index (Phi) is 49.7. The Morgan fingerprint density at radius 1 is 0.262 bits per heavy atom. The molecule has 0 aliphatic heterocycles. The lowest BCUT2D eigenvalue weighted by molar-refractivity contribution is -0.167. The highest BCUT2D eigenvalue weighted by Crippen LogP contribution is 2.17. The smallest absolute Gasteiger partial charge is 0.306 e. The largest absolute Gasteiger partial charge is 0.462 e. The van der Waals surface area contributed by atoms with E-state index in [0.29, 0.717) is 19.3 Å². The Labute approximate surface area is 380 Å².